The molecule has 0 aliphatic heterocycles. The SMILES string of the molecule is CN(C)Cc1ccc(-c2ccc(C(=O)c3ccc(Cl)cc3Br)cc2)cc1. The fourth-order valence-corrected chi connectivity index (χ4v) is 3.67. The molecule has 132 valence electrons. The summed E-state index contributed by atoms with van der Waals surface area (Å²) in [7, 11) is 4.12. The van der Waals surface area contributed by atoms with Crippen LogP contribution in [0.15, 0.2) is 71.2 Å². The Labute approximate surface area is 167 Å². The fraction of sp³-hybridized carbons (Fsp3) is 0.136. The highest BCUT2D eigenvalue weighted by atomic mass is 79.9. The number of carbonyl (C=O) groups excluding carboxylic acids is 1. The van der Waals surface area contributed by atoms with E-state index in [1.54, 1.807) is 18.2 Å². The first-order chi connectivity index (χ1) is 12.4. The second kappa shape index (κ2) is 8.17. The zero-order valence-electron chi connectivity index (χ0n) is 14.7. The number of carbonyl (C=O) groups is 1. The number of hydrogen-bond donors (Lipinski definition) is 0. The maximum atomic E-state index is 12.7. The number of ketones is 1. The molecule has 0 bridgehead atoms. The monoisotopic (exact) mass is 427 g/mol. The second-order valence-electron chi connectivity index (χ2n) is 6.47. The van der Waals surface area contributed by atoms with E-state index in [2.05, 4.69) is 59.2 Å². The minimum absolute atomic E-state index is 0.0265. The second-order valence-corrected chi connectivity index (χ2v) is 7.76. The summed E-state index contributed by atoms with van der Waals surface area (Å²) >= 11 is 9.36. The Morgan fingerprint density at radius 3 is 2.04 bits per heavy atom. The average molecular weight is 429 g/mol. The van der Waals surface area contributed by atoms with Gasteiger partial charge in [-0.15, -0.1) is 0 Å². The van der Waals surface area contributed by atoms with Crippen molar-refractivity contribution >= 4 is 33.3 Å². The van der Waals surface area contributed by atoms with E-state index in [-0.39, 0.29) is 5.78 Å². The normalized spacial score (nSPS) is 11.0. The molecule has 0 saturated carbocycles. The van der Waals surface area contributed by atoms with Crippen molar-refractivity contribution in [2.75, 3.05) is 14.1 Å². The number of hydrogen-bond acceptors (Lipinski definition) is 2. The molecule has 3 rings (SSSR count). The largest absolute Gasteiger partial charge is 0.305 e. The summed E-state index contributed by atoms with van der Waals surface area (Å²) in [4.78, 5) is 14.8. The topological polar surface area (TPSA) is 20.3 Å². The van der Waals surface area contributed by atoms with Gasteiger partial charge >= 0.3 is 0 Å². The summed E-state index contributed by atoms with van der Waals surface area (Å²) in [5.74, 6) is -0.0265. The molecule has 2 nitrogen and oxygen atoms in total. The first kappa shape index (κ1) is 18.8. The van der Waals surface area contributed by atoms with Gasteiger partial charge in [-0.1, -0.05) is 60.1 Å². The lowest BCUT2D eigenvalue weighted by Gasteiger charge is -2.10. The molecule has 0 aromatic heterocycles. The van der Waals surface area contributed by atoms with Crippen molar-refractivity contribution in [3.8, 4) is 11.1 Å². The van der Waals surface area contributed by atoms with Gasteiger partial charge in [-0.25, -0.2) is 0 Å². The van der Waals surface area contributed by atoms with Gasteiger partial charge in [0.2, 0.25) is 0 Å². The Bertz CT molecular complexity index is 918. The predicted octanol–water partition coefficient (Wildman–Crippen LogP) is 6.06. The van der Waals surface area contributed by atoms with Gasteiger partial charge in [-0.3, -0.25) is 4.79 Å². The third kappa shape index (κ3) is 4.42. The van der Waals surface area contributed by atoms with E-state index in [1.807, 2.05) is 24.3 Å². The lowest BCUT2D eigenvalue weighted by Crippen LogP contribution is -2.10. The minimum atomic E-state index is -0.0265. The average Bonchev–Trinajstić information content (AvgIpc) is 2.61. The summed E-state index contributed by atoms with van der Waals surface area (Å²) in [5, 5.41) is 0.599. The van der Waals surface area contributed by atoms with E-state index in [1.165, 1.54) is 5.56 Å². The van der Waals surface area contributed by atoms with Crippen molar-refractivity contribution in [1.29, 1.82) is 0 Å². The molecule has 0 spiro atoms. The van der Waals surface area contributed by atoms with Gasteiger partial charge < -0.3 is 4.90 Å². The molecule has 3 aromatic rings. The zero-order chi connectivity index (χ0) is 18.7. The molecule has 26 heavy (non-hydrogen) atoms. The summed E-state index contributed by atoms with van der Waals surface area (Å²) in [5.41, 5.74) is 4.77. The molecule has 0 radical (unpaired) electrons. The van der Waals surface area contributed by atoms with Crippen LogP contribution in [0.25, 0.3) is 11.1 Å². The number of benzene rings is 3. The molecule has 0 aliphatic carbocycles. The van der Waals surface area contributed by atoms with Gasteiger partial charge in [0.15, 0.2) is 5.78 Å². The Balaban J connectivity index is 1.80. The number of nitrogens with zero attached hydrogens (tertiary/aromatic N) is 1. The summed E-state index contributed by atoms with van der Waals surface area (Å²) < 4.78 is 0.704. The van der Waals surface area contributed by atoms with E-state index in [0.717, 1.165) is 17.7 Å². The zero-order valence-corrected chi connectivity index (χ0v) is 17.0. The van der Waals surface area contributed by atoms with Crippen LogP contribution in [-0.4, -0.2) is 24.8 Å². The Kier molecular flexibility index (Phi) is 5.92. The van der Waals surface area contributed by atoms with Crippen molar-refractivity contribution in [3.05, 3.63) is 92.9 Å². The Morgan fingerprint density at radius 2 is 1.50 bits per heavy atom. The molecule has 0 heterocycles. The van der Waals surface area contributed by atoms with Crippen LogP contribution < -0.4 is 0 Å². The summed E-state index contributed by atoms with van der Waals surface area (Å²) in [6.45, 7) is 0.920. The van der Waals surface area contributed by atoms with Gasteiger partial charge in [0.05, 0.1) is 0 Å². The van der Waals surface area contributed by atoms with E-state index in [0.29, 0.717) is 20.6 Å². The number of rotatable bonds is 5. The molecule has 0 N–H and O–H groups in total. The van der Waals surface area contributed by atoms with Crippen LogP contribution in [0, 0.1) is 0 Å². The quantitative estimate of drug-likeness (QED) is 0.460. The van der Waals surface area contributed by atoms with Crippen LogP contribution in [0.1, 0.15) is 21.5 Å². The van der Waals surface area contributed by atoms with Gasteiger partial charge in [0.25, 0.3) is 0 Å². The molecule has 0 fully saturated rings. The van der Waals surface area contributed by atoms with Crippen LogP contribution in [0.2, 0.25) is 5.02 Å². The lowest BCUT2D eigenvalue weighted by molar-refractivity contribution is 0.103. The van der Waals surface area contributed by atoms with Crippen LogP contribution in [0.5, 0.6) is 0 Å². The van der Waals surface area contributed by atoms with Crippen LogP contribution >= 0.6 is 27.5 Å². The van der Waals surface area contributed by atoms with Crippen molar-refractivity contribution < 1.29 is 4.79 Å². The summed E-state index contributed by atoms with van der Waals surface area (Å²) in [6, 6.07) is 21.4. The van der Waals surface area contributed by atoms with Crippen LogP contribution in [-0.2, 0) is 6.54 Å². The van der Waals surface area contributed by atoms with Gasteiger partial charge in [-0.05, 0) is 64.9 Å². The predicted molar refractivity (Wildman–Crippen MR) is 112 cm³/mol. The molecule has 0 saturated heterocycles. The van der Waals surface area contributed by atoms with E-state index >= 15 is 0 Å². The van der Waals surface area contributed by atoms with Crippen LogP contribution in [0.4, 0.5) is 0 Å². The van der Waals surface area contributed by atoms with Crippen molar-refractivity contribution in [2.24, 2.45) is 0 Å². The third-order valence-electron chi connectivity index (χ3n) is 4.11. The third-order valence-corrected chi connectivity index (χ3v) is 5.00. The van der Waals surface area contributed by atoms with Crippen molar-refractivity contribution in [2.45, 2.75) is 6.54 Å². The van der Waals surface area contributed by atoms with E-state index < -0.39 is 0 Å². The minimum Gasteiger partial charge on any atom is -0.305 e. The maximum Gasteiger partial charge on any atom is 0.194 e. The molecule has 0 unspecified atom stereocenters. The smallest absolute Gasteiger partial charge is 0.194 e. The van der Waals surface area contributed by atoms with Crippen molar-refractivity contribution in [1.82, 2.24) is 4.90 Å². The van der Waals surface area contributed by atoms with Gasteiger partial charge in [-0.2, -0.15) is 0 Å². The highest BCUT2D eigenvalue weighted by Crippen LogP contribution is 2.26. The Hall–Kier alpha value is -1.94. The summed E-state index contributed by atoms with van der Waals surface area (Å²) in [6.07, 6.45) is 0. The Morgan fingerprint density at radius 1 is 0.923 bits per heavy atom. The van der Waals surface area contributed by atoms with Gasteiger partial charge in [0, 0.05) is 27.2 Å². The van der Waals surface area contributed by atoms with E-state index in [4.69, 9.17) is 11.6 Å². The fourth-order valence-electron chi connectivity index (χ4n) is 2.81. The molecule has 0 aliphatic rings. The number of halogens is 2. The molecule has 4 heteroatoms. The highest BCUT2D eigenvalue weighted by Gasteiger charge is 2.13. The highest BCUT2D eigenvalue weighted by molar-refractivity contribution is 9.10. The maximum absolute atomic E-state index is 12.7. The van der Waals surface area contributed by atoms with E-state index in [9.17, 15) is 4.79 Å². The lowest BCUT2D eigenvalue weighted by atomic mass is 9.99. The molecule has 0 atom stereocenters. The molecule has 3 aromatic carbocycles. The first-order valence-corrected chi connectivity index (χ1v) is 9.45. The first-order valence-electron chi connectivity index (χ1n) is 8.28. The van der Waals surface area contributed by atoms with Crippen LogP contribution in [0.3, 0.4) is 0 Å². The van der Waals surface area contributed by atoms with Crippen molar-refractivity contribution in [3.63, 3.8) is 0 Å². The molecule has 0 amide bonds. The molecular weight excluding hydrogens is 410 g/mol. The molecular formula is C22H19BrClNO. The van der Waals surface area contributed by atoms with Gasteiger partial charge in [0.1, 0.15) is 0 Å². The standard InChI is InChI=1S/C22H19BrClNO/c1-25(2)14-15-3-5-16(6-4-15)17-7-9-18(10-8-17)22(26)20-12-11-19(24)13-21(20)23/h3-13H,14H2,1-2H3.